The van der Waals surface area contributed by atoms with Crippen molar-refractivity contribution in [3.8, 4) is 11.4 Å². The predicted molar refractivity (Wildman–Crippen MR) is 110 cm³/mol. The second kappa shape index (κ2) is 9.42. The van der Waals surface area contributed by atoms with Crippen molar-refractivity contribution >= 4 is 34.1 Å². The molecule has 11 heteroatoms. The van der Waals surface area contributed by atoms with E-state index in [0.717, 1.165) is 35.0 Å². The molecule has 9 nitrogen and oxygen atoms in total. The van der Waals surface area contributed by atoms with E-state index in [1.54, 1.807) is 24.2 Å². The van der Waals surface area contributed by atoms with Crippen LogP contribution in [0.5, 0.6) is 0 Å². The number of carbonyl (C=O) groups excluding carboxylic acids is 1. The summed E-state index contributed by atoms with van der Waals surface area (Å²) in [4.78, 5) is 23.3. The zero-order chi connectivity index (χ0) is 20.1. The fourth-order valence-electron chi connectivity index (χ4n) is 3.19. The molecule has 1 unspecified atom stereocenters. The lowest BCUT2D eigenvalue weighted by molar-refractivity contribution is -0.121. The van der Waals surface area contributed by atoms with Crippen molar-refractivity contribution in [1.29, 1.82) is 0 Å². The number of amides is 1. The second-order valence-electron chi connectivity index (χ2n) is 6.62. The summed E-state index contributed by atoms with van der Waals surface area (Å²) in [5.41, 5.74) is 0.864. The van der Waals surface area contributed by atoms with Gasteiger partial charge in [0.2, 0.25) is 22.8 Å². The standard InChI is InChI=1S/C18H21N7O2S2/c1-2-28-18-23-22-17(29-18)21-16(26)13-4-3-9-25(10-13)11-14-20-15(24-27-14)12-5-7-19-8-6-12/h5-8,13H,2-4,9-11H2,1H3,(H,21,22,26). The van der Waals surface area contributed by atoms with Crippen molar-refractivity contribution < 1.29 is 9.32 Å². The Morgan fingerprint density at radius 1 is 1.38 bits per heavy atom. The van der Waals surface area contributed by atoms with Gasteiger partial charge in [0.1, 0.15) is 0 Å². The summed E-state index contributed by atoms with van der Waals surface area (Å²) in [5.74, 6) is 1.91. The molecule has 0 bridgehead atoms. The van der Waals surface area contributed by atoms with Gasteiger partial charge in [-0.05, 0) is 37.3 Å². The molecule has 0 aromatic carbocycles. The van der Waals surface area contributed by atoms with Crippen molar-refractivity contribution in [1.82, 2.24) is 30.2 Å². The molecule has 1 aliphatic heterocycles. The number of nitrogens with zero attached hydrogens (tertiary/aromatic N) is 6. The van der Waals surface area contributed by atoms with Crippen molar-refractivity contribution in [3.05, 3.63) is 30.4 Å². The first-order valence-corrected chi connectivity index (χ1v) is 11.2. The predicted octanol–water partition coefficient (Wildman–Crippen LogP) is 2.95. The Morgan fingerprint density at radius 2 is 2.24 bits per heavy atom. The maximum absolute atomic E-state index is 12.7. The van der Waals surface area contributed by atoms with Crippen molar-refractivity contribution in [2.45, 2.75) is 30.6 Å². The van der Waals surface area contributed by atoms with Crippen LogP contribution in [0.2, 0.25) is 0 Å². The topological polar surface area (TPSA) is 110 Å². The van der Waals surface area contributed by atoms with Crippen molar-refractivity contribution in [3.63, 3.8) is 0 Å². The van der Waals surface area contributed by atoms with Crippen LogP contribution < -0.4 is 5.32 Å². The molecule has 1 amide bonds. The molecule has 4 rings (SSSR count). The van der Waals surface area contributed by atoms with Gasteiger partial charge in [0.25, 0.3) is 0 Å². The lowest BCUT2D eigenvalue weighted by Crippen LogP contribution is -2.40. The first kappa shape index (κ1) is 19.9. The molecule has 0 radical (unpaired) electrons. The molecule has 1 atom stereocenters. The molecule has 0 spiro atoms. The number of nitrogens with one attached hydrogen (secondary N) is 1. The zero-order valence-corrected chi connectivity index (χ0v) is 17.6. The van der Waals surface area contributed by atoms with Crippen LogP contribution in [0.25, 0.3) is 11.4 Å². The lowest BCUT2D eigenvalue weighted by Gasteiger charge is -2.30. The molecule has 1 N–H and O–H groups in total. The number of pyridine rings is 1. The Balaban J connectivity index is 1.33. The van der Waals surface area contributed by atoms with Crippen molar-refractivity contribution in [2.24, 2.45) is 5.92 Å². The van der Waals surface area contributed by atoms with E-state index in [9.17, 15) is 4.79 Å². The van der Waals surface area contributed by atoms with E-state index in [2.05, 4.69) is 42.5 Å². The number of hydrogen-bond acceptors (Lipinski definition) is 10. The normalized spacial score (nSPS) is 17.3. The average Bonchev–Trinajstić information content (AvgIpc) is 3.39. The minimum absolute atomic E-state index is 0.0121. The number of rotatable bonds is 7. The number of thioether (sulfide) groups is 1. The maximum Gasteiger partial charge on any atom is 0.241 e. The maximum atomic E-state index is 12.7. The van der Waals surface area contributed by atoms with Gasteiger partial charge in [-0.3, -0.25) is 14.7 Å². The Bertz CT molecular complexity index is 947. The minimum atomic E-state index is -0.0995. The first-order chi connectivity index (χ1) is 14.2. The van der Waals surface area contributed by atoms with Gasteiger partial charge in [-0.1, -0.05) is 35.2 Å². The van der Waals surface area contributed by atoms with Gasteiger partial charge in [0, 0.05) is 24.5 Å². The summed E-state index contributed by atoms with van der Waals surface area (Å²) in [6, 6.07) is 3.68. The zero-order valence-electron chi connectivity index (χ0n) is 15.9. The molecule has 1 fully saturated rings. The van der Waals surface area contributed by atoms with E-state index in [1.165, 1.54) is 11.3 Å². The van der Waals surface area contributed by atoms with Crippen LogP contribution in [0.15, 0.2) is 33.4 Å². The van der Waals surface area contributed by atoms with E-state index < -0.39 is 0 Å². The molecular formula is C18H21N7O2S2. The van der Waals surface area contributed by atoms with E-state index in [1.807, 2.05) is 12.1 Å². The third-order valence-corrected chi connectivity index (χ3v) is 6.40. The van der Waals surface area contributed by atoms with Crippen LogP contribution >= 0.6 is 23.1 Å². The summed E-state index contributed by atoms with van der Waals surface area (Å²) >= 11 is 3.03. The molecule has 0 saturated carbocycles. The number of likely N-dealkylation sites (tertiary alicyclic amines) is 1. The summed E-state index contributed by atoms with van der Waals surface area (Å²) in [7, 11) is 0. The Kier molecular flexibility index (Phi) is 6.47. The number of anilines is 1. The molecule has 3 aromatic rings. The van der Waals surface area contributed by atoms with Gasteiger partial charge in [0.15, 0.2) is 4.34 Å². The smallest absolute Gasteiger partial charge is 0.241 e. The number of carbonyl (C=O) groups is 1. The minimum Gasteiger partial charge on any atom is -0.338 e. The highest BCUT2D eigenvalue weighted by Crippen LogP contribution is 2.26. The molecule has 4 heterocycles. The Morgan fingerprint density at radius 3 is 3.07 bits per heavy atom. The fourth-order valence-corrected chi connectivity index (χ4v) is 4.84. The summed E-state index contributed by atoms with van der Waals surface area (Å²) < 4.78 is 6.27. The molecule has 29 heavy (non-hydrogen) atoms. The largest absolute Gasteiger partial charge is 0.338 e. The monoisotopic (exact) mass is 431 g/mol. The van der Waals surface area contributed by atoms with E-state index >= 15 is 0 Å². The van der Waals surface area contributed by atoms with Crippen LogP contribution in [0.1, 0.15) is 25.7 Å². The first-order valence-electron chi connectivity index (χ1n) is 9.43. The van der Waals surface area contributed by atoms with E-state index in [0.29, 0.717) is 29.9 Å². The third kappa shape index (κ3) is 5.17. The molecule has 3 aromatic heterocycles. The Labute approximate surface area is 176 Å². The van der Waals surface area contributed by atoms with Gasteiger partial charge in [-0.25, -0.2) is 0 Å². The van der Waals surface area contributed by atoms with Crippen LogP contribution in [0, 0.1) is 5.92 Å². The van der Waals surface area contributed by atoms with Crippen LogP contribution in [-0.4, -0.2) is 55.0 Å². The molecule has 152 valence electrons. The van der Waals surface area contributed by atoms with E-state index in [4.69, 9.17) is 4.52 Å². The van der Waals surface area contributed by atoms with Crippen LogP contribution in [0.4, 0.5) is 5.13 Å². The second-order valence-corrected chi connectivity index (χ2v) is 9.11. The van der Waals surface area contributed by atoms with Crippen LogP contribution in [-0.2, 0) is 11.3 Å². The van der Waals surface area contributed by atoms with Gasteiger partial charge >= 0.3 is 0 Å². The van der Waals surface area contributed by atoms with Gasteiger partial charge < -0.3 is 9.84 Å². The van der Waals surface area contributed by atoms with Crippen molar-refractivity contribution in [2.75, 3.05) is 24.2 Å². The quantitative estimate of drug-likeness (QED) is 0.446. The highest BCUT2D eigenvalue weighted by molar-refractivity contribution is 8.01. The van der Waals surface area contributed by atoms with Crippen LogP contribution in [0.3, 0.4) is 0 Å². The summed E-state index contributed by atoms with van der Waals surface area (Å²) in [6.07, 6.45) is 5.18. The lowest BCUT2D eigenvalue weighted by atomic mass is 9.97. The summed E-state index contributed by atoms with van der Waals surface area (Å²) in [6.45, 7) is 4.13. The molecular weight excluding hydrogens is 410 g/mol. The average molecular weight is 432 g/mol. The summed E-state index contributed by atoms with van der Waals surface area (Å²) in [5, 5.41) is 15.6. The molecule has 1 aliphatic rings. The highest BCUT2D eigenvalue weighted by atomic mass is 32.2. The van der Waals surface area contributed by atoms with Gasteiger partial charge in [0.05, 0.1) is 12.5 Å². The molecule has 1 saturated heterocycles. The number of aromatic nitrogens is 5. The highest BCUT2D eigenvalue weighted by Gasteiger charge is 2.27. The van der Waals surface area contributed by atoms with E-state index in [-0.39, 0.29) is 11.8 Å². The van der Waals surface area contributed by atoms with Gasteiger partial charge in [-0.2, -0.15) is 4.98 Å². The molecule has 0 aliphatic carbocycles. The van der Waals surface area contributed by atoms with Gasteiger partial charge in [-0.15, -0.1) is 10.2 Å². The fraction of sp³-hybridized carbons (Fsp3) is 0.444. The Hall–Kier alpha value is -2.37. The number of hydrogen-bond donors (Lipinski definition) is 1. The third-order valence-electron chi connectivity index (χ3n) is 4.55. The number of piperidine rings is 1. The SMILES string of the molecule is CCSc1nnc(NC(=O)C2CCCN(Cc3nc(-c4ccncc4)no3)C2)s1.